The summed E-state index contributed by atoms with van der Waals surface area (Å²) in [7, 11) is -1.65. The van der Waals surface area contributed by atoms with Gasteiger partial charge in [0.25, 0.3) is 5.56 Å². The number of amides is 1. The lowest BCUT2D eigenvalue weighted by molar-refractivity contribution is -0.130. The van der Waals surface area contributed by atoms with Crippen LogP contribution in [0.2, 0.25) is 0 Å². The number of hydrogen-bond acceptors (Lipinski definition) is 6. The third-order valence-electron chi connectivity index (χ3n) is 4.79. The summed E-state index contributed by atoms with van der Waals surface area (Å²) in [6.07, 6.45) is 1.68. The van der Waals surface area contributed by atoms with E-state index in [1.807, 2.05) is 30.3 Å². The summed E-state index contributed by atoms with van der Waals surface area (Å²) < 4.78 is 30.0. The summed E-state index contributed by atoms with van der Waals surface area (Å²) in [4.78, 5) is 26.4. The van der Waals surface area contributed by atoms with Gasteiger partial charge in [-0.15, -0.1) is 0 Å². The monoisotopic (exact) mass is 455 g/mol. The van der Waals surface area contributed by atoms with Crippen molar-refractivity contribution in [2.75, 3.05) is 26.5 Å². The quantitative estimate of drug-likeness (QED) is 0.459. The van der Waals surface area contributed by atoms with E-state index in [-0.39, 0.29) is 22.9 Å². The predicted octanol–water partition coefficient (Wildman–Crippen LogP) is 2.24. The average molecular weight is 456 g/mol. The van der Waals surface area contributed by atoms with Crippen LogP contribution in [0.4, 0.5) is 0 Å². The van der Waals surface area contributed by atoms with Crippen molar-refractivity contribution in [1.82, 2.24) is 14.7 Å². The molecule has 8 nitrogen and oxygen atoms in total. The molecule has 0 unspecified atom stereocenters. The Labute approximate surface area is 187 Å². The summed E-state index contributed by atoms with van der Waals surface area (Å²) in [5.74, 6) is 0.208. The van der Waals surface area contributed by atoms with Crippen molar-refractivity contribution in [1.29, 1.82) is 0 Å². The normalized spacial score (nSPS) is 11.2. The predicted molar refractivity (Wildman–Crippen MR) is 121 cm³/mol. The second-order valence-corrected chi connectivity index (χ2v) is 9.36. The highest BCUT2D eigenvalue weighted by molar-refractivity contribution is 7.90. The minimum atomic E-state index is -3.30. The van der Waals surface area contributed by atoms with Gasteiger partial charge in [0.1, 0.15) is 12.3 Å². The minimum absolute atomic E-state index is 0.159. The lowest BCUT2D eigenvalue weighted by atomic mass is 10.1. The zero-order valence-corrected chi connectivity index (χ0v) is 18.8. The van der Waals surface area contributed by atoms with Gasteiger partial charge >= 0.3 is 0 Å². The molecule has 32 heavy (non-hydrogen) atoms. The molecule has 3 rings (SSSR count). The van der Waals surface area contributed by atoms with Gasteiger partial charge in [-0.2, -0.15) is 5.10 Å². The van der Waals surface area contributed by atoms with Crippen LogP contribution in [0, 0.1) is 0 Å². The zero-order valence-electron chi connectivity index (χ0n) is 18.0. The maximum Gasteiger partial charge on any atom is 0.267 e. The number of carbonyl (C=O) groups is 1. The largest absolute Gasteiger partial charge is 0.493 e. The molecule has 168 valence electrons. The second kappa shape index (κ2) is 10.2. The van der Waals surface area contributed by atoms with Crippen molar-refractivity contribution in [3.8, 4) is 17.0 Å². The Bertz CT molecular complexity index is 1240. The van der Waals surface area contributed by atoms with Crippen LogP contribution in [0.1, 0.15) is 6.42 Å². The highest BCUT2D eigenvalue weighted by atomic mass is 32.2. The van der Waals surface area contributed by atoms with E-state index in [0.29, 0.717) is 31.0 Å². The van der Waals surface area contributed by atoms with Crippen molar-refractivity contribution in [3.63, 3.8) is 0 Å². The minimum Gasteiger partial charge on any atom is -0.493 e. The van der Waals surface area contributed by atoms with Crippen molar-refractivity contribution in [2.45, 2.75) is 17.9 Å². The molecule has 9 heteroatoms. The number of carbonyl (C=O) groups excluding carboxylic acids is 1. The molecule has 2 aromatic carbocycles. The van der Waals surface area contributed by atoms with E-state index in [9.17, 15) is 18.0 Å². The molecule has 0 aliphatic heterocycles. The molecule has 0 atom stereocenters. The van der Waals surface area contributed by atoms with Crippen LogP contribution in [0.5, 0.6) is 5.75 Å². The number of sulfone groups is 1. The molecule has 3 aromatic rings. The molecule has 0 N–H and O–H groups in total. The van der Waals surface area contributed by atoms with Crippen molar-refractivity contribution >= 4 is 15.7 Å². The van der Waals surface area contributed by atoms with Crippen molar-refractivity contribution in [2.24, 2.45) is 0 Å². The molecule has 0 saturated carbocycles. The molecule has 0 radical (unpaired) electrons. The molecular weight excluding hydrogens is 430 g/mol. The molecule has 1 heterocycles. The topological polar surface area (TPSA) is 98.6 Å². The van der Waals surface area contributed by atoms with Gasteiger partial charge in [0.2, 0.25) is 5.91 Å². The van der Waals surface area contributed by atoms with E-state index in [1.165, 1.54) is 23.1 Å². The first-order chi connectivity index (χ1) is 15.2. The third-order valence-corrected chi connectivity index (χ3v) is 5.90. The fourth-order valence-electron chi connectivity index (χ4n) is 2.98. The summed E-state index contributed by atoms with van der Waals surface area (Å²) >= 11 is 0. The van der Waals surface area contributed by atoms with E-state index in [4.69, 9.17) is 4.74 Å². The fraction of sp³-hybridized carbons (Fsp3) is 0.261. The summed E-state index contributed by atoms with van der Waals surface area (Å²) in [5, 5.41) is 4.31. The Morgan fingerprint density at radius 2 is 1.81 bits per heavy atom. The molecule has 1 aromatic heterocycles. The second-order valence-electron chi connectivity index (χ2n) is 7.34. The van der Waals surface area contributed by atoms with Gasteiger partial charge < -0.3 is 9.64 Å². The van der Waals surface area contributed by atoms with Crippen LogP contribution < -0.4 is 10.3 Å². The van der Waals surface area contributed by atoms with Gasteiger partial charge in [-0.1, -0.05) is 36.4 Å². The SMILES string of the molecule is CN(CCCOc1cccc(S(C)(=O)=O)c1)C(=O)Cn1nc(-c2ccccc2)ccc1=O. The Kier molecular flexibility index (Phi) is 7.42. The zero-order chi connectivity index (χ0) is 23.1. The number of aromatic nitrogens is 2. The van der Waals surface area contributed by atoms with Gasteiger partial charge in [-0.05, 0) is 30.7 Å². The highest BCUT2D eigenvalue weighted by Crippen LogP contribution is 2.17. The van der Waals surface area contributed by atoms with Crippen LogP contribution in [0.15, 0.2) is 76.4 Å². The standard InChI is InChI=1S/C23H25N3O5S/c1-25(14-7-15-31-19-10-6-11-20(16-19)32(2,29)30)23(28)17-26-22(27)13-12-21(24-26)18-8-4-3-5-9-18/h3-6,8-13,16H,7,14-15,17H2,1-2H3. The van der Waals surface area contributed by atoms with E-state index >= 15 is 0 Å². The molecule has 0 bridgehead atoms. The average Bonchev–Trinajstić information content (AvgIpc) is 2.78. The van der Waals surface area contributed by atoms with Crippen molar-refractivity contribution in [3.05, 3.63) is 77.1 Å². The van der Waals surface area contributed by atoms with E-state index in [2.05, 4.69) is 5.10 Å². The van der Waals surface area contributed by atoms with Gasteiger partial charge in [0.15, 0.2) is 9.84 Å². The van der Waals surface area contributed by atoms with Crippen LogP contribution in [0.3, 0.4) is 0 Å². The van der Waals surface area contributed by atoms with Crippen LogP contribution in [-0.2, 0) is 21.2 Å². The van der Waals surface area contributed by atoms with Crippen LogP contribution in [-0.4, -0.2) is 55.5 Å². The first kappa shape index (κ1) is 23.2. The lowest BCUT2D eigenvalue weighted by Crippen LogP contribution is -2.35. The number of benzene rings is 2. The molecule has 0 saturated heterocycles. The highest BCUT2D eigenvalue weighted by Gasteiger charge is 2.13. The molecular formula is C23H25N3O5S. The lowest BCUT2D eigenvalue weighted by Gasteiger charge is -2.18. The summed E-state index contributed by atoms with van der Waals surface area (Å²) in [5.41, 5.74) is 1.13. The van der Waals surface area contributed by atoms with Gasteiger partial charge in [0.05, 0.1) is 17.2 Å². The van der Waals surface area contributed by atoms with Gasteiger partial charge in [-0.3, -0.25) is 9.59 Å². The maximum absolute atomic E-state index is 12.6. The number of ether oxygens (including phenoxy) is 1. The first-order valence-electron chi connectivity index (χ1n) is 10.0. The van der Waals surface area contributed by atoms with Gasteiger partial charge in [0, 0.05) is 31.5 Å². The fourth-order valence-corrected chi connectivity index (χ4v) is 3.64. The molecule has 1 amide bonds. The van der Waals surface area contributed by atoms with E-state index < -0.39 is 9.84 Å². The van der Waals surface area contributed by atoms with Crippen LogP contribution >= 0.6 is 0 Å². The Morgan fingerprint density at radius 1 is 1.06 bits per heavy atom. The Hall–Kier alpha value is -3.46. The Morgan fingerprint density at radius 3 is 2.53 bits per heavy atom. The van der Waals surface area contributed by atoms with E-state index in [1.54, 1.807) is 25.2 Å². The summed E-state index contributed by atoms with van der Waals surface area (Å²) in [6, 6.07) is 18.8. The number of likely N-dealkylation sites (N-methyl/N-ethyl adjacent to an activating group) is 1. The van der Waals surface area contributed by atoms with Gasteiger partial charge in [-0.25, -0.2) is 13.1 Å². The molecule has 0 spiro atoms. The number of rotatable bonds is 9. The number of nitrogens with zero attached hydrogens (tertiary/aromatic N) is 3. The Balaban J connectivity index is 1.53. The third kappa shape index (κ3) is 6.27. The molecule has 0 aliphatic rings. The molecule has 0 fully saturated rings. The first-order valence-corrected chi connectivity index (χ1v) is 11.9. The molecule has 0 aliphatic carbocycles. The van der Waals surface area contributed by atoms with E-state index in [0.717, 1.165) is 16.5 Å². The number of hydrogen-bond donors (Lipinski definition) is 0. The smallest absolute Gasteiger partial charge is 0.267 e. The summed E-state index contributed by atoms with van der Waals surface area (Å²) in [6.45, 7) is 0.567. The van der Waals surface area contributed by atoms with Crippen LogP contribution in [0.25, 0.3) is 11.3 Å². The van der Waals surface area contributed by atoms with Crippen molar-refractivity contribution < 1.29 is 17.9 Å². The maximum atomic E-state index is 12.6.